The third-order valence-electron chi connectivity index (χ3n) is 4.96. The molecule has 0 spiro atoms. The first kappa shape index (κ1) is 26.1. The van der Waals surface area contributed by atoms with Gasteiger partial charge in [0.25, 0.3) is 0 Å². The van der Waals surface area contributed by atoms with Crippen LogP contribution in [-0.2, 0) is 30.2 Å². The van der Waals surface area contributed by atoms with E-state index >= 15 is 0 Å². The predicted molar refractivity (Wildman–Crippen MR) is 128 cm³/mol. The summed E-state index contributed by atoms with van der Waals surface area (Å²) in [5.74, 6) is -0.598. The first-order chi connectivity index (χ1) is 16.0. The molecule has 0 amide bonds. The van der Waals surface area contributed by atoms with Crippen LogP contribution in [0.4, 0.5) is 4.79 Å². The van der Waals surface area contributed by atoms with Gasteiger partial charge in [-0.3, -0.25) is 0 Å². The normalized spacial score (nSPS) is 12.8. The van der Waals surface area contributed by atoms with Crippen LogP contribution in [0.25, 0.3) is 11.1 Å². The topological polar surface area (TPSA) is 71.1 Å². The van der Waals surface area contributed by atoms with Gasteiger partial charge in [0.15, 0.2) is 0 Å². The highest BCUT2D eigenvalue weighted by molar-refractivity contribution is 5.78. The maximum atomic E-state index is 12.6. The zero-order chi connectivity index (χ0) is 23.9. The molecule has 2 unspecified atom stereocenters. The van der Waals surface area contributed by atoms with E-state index in [1.807, 2.05) is 73.7 Å². The van der Waals surface area contributed by atoms with E-state index in [9.17, 15) is 9.59 Å². The van der Waals surface area contributed by atoms with E-state index in [1.54, 1.807) is 0 Å². The summed E-state index contributed by atoms with van der Waals surface area (Å²) in [4.78, 5) is 24.3. The Morgan fingerprint density at radius 1 is 1.00 bits per heavy atom. The molecule has 0 radical (unpaired) electrons. The van der Waals surface area contributed by atoms with Crippen molar-refractivity contribution in [3.8, 4) is 11.1 Å². The van der Waals surface area contributed by atoms with E-state index < -0.39 is 18.2 Å². The smallest absolute Gasteiger partial charge is 0.462 e. The first-order valence-corrected chi connectivity index (χ1v) is 11.3. The second kappa shape index (κ2) is 14.9. The highest BCUT2D eigenvalue weighted by Gasteiger charge is 2.26. The van der Waals surface area contributed by atoms with Crippen molar-refractivity contribution in [2.24, 2.45) is 5.92 Å². The Kier molecular flexibility index (Phi) is 11.8. The quantitative estimate of drug-likeness (QED) is 0.223. The van der Waals surface area contributed by atoms with Crippen molar-refractivity contribution in [2.75, 3.05) is 26.9 Å². The van der Waals surface area contributed by atoms with Crippen molar-refractivity contribution in [3.63, 3.8) is 0 Å². The Hall–Kier alpha value is -3.12. The molecule has 0 heterocycles. The number of carbonyl (C=O) groups excluding carboxylic acids is 2. The van der Waals surface area contributed by atoms with E-state index in [2.05, 4.69) is 11.7 Å². The number of esters is 1. The number of unbranched alkanes of at least 4 members (excludes halogenated alkanes) is 1. The molecule has 33 heavy (non-hydrogen) atoms. The second-order valence-corrected chi connectivity index (χ2v) is 7.79. The molecule has 0 fully saturated rings. The molecule has 2 rings (SSSR count). The summed E-state index contributed by atoms with van der Waals surface area (Å²) in [6, 6.07) is 17.8. The molecule has 0 aliphatic carbocycles. The molecule has 0 saturated heterocycles. The lowest BCUT2D eigenvalue weighted by Gasteiger charge is -2.17. The number of methoxy groups -OCH3 is 1. The van der Waals surface area contributed by atoms with Gasteiger partial charge in [-0.1, -0.05) is 87.0 Å². The Morgan fingerprint density at radius 2 is 1.70 bits per heavy atom. The van der Waals surface area contributed by atoms with Crippen LogP contribution in [0.5, 0.6) is 0 Å². The molecular formula is C27H34O6. The summed E-state index contributed by atoms with van der Waals surface area (Å²) < 4.78 is 20.6. The fourth-order valence-corrected chi connectivity index (χ4v) is 3.06. The number of carbonyl (C=O) groups is 2. The number of benzene rings is 2. The molecule has 2 aromatic rings. The first-order valence-electron chi connectivity index (χ1n) is 11.3. The molecule has 6 heteroatoms. The lowest BCUT2D eigenvalue weighted by atomic mass is 10.0. The van der Waals surface area contributed by atoms with E-state index in [4.69, 9.17) is 14.2 Å². The van der Waals surface area contributed by atoms with Gasteiger partial charge in [0.05, 0.1) is 20.3 Å². The van der Waals surface area contributed by atoms with Gasteiger partial charge < -0.3 is 18.9 Å². The van der Waals surface area contributed by atoms with Crippen LogP contribution in [0.1, 0.15) is 32.3 Å². The molecule has 0 aliphatic heterocycles. The van der Waals surface area contributed by atoms with Crippen molar-refractivity contribution in [1.82, 2.24) is 0 Å². The summed E-state index contributed by atoms with van der Waals surface area (Å²) in [6.07, 6.45) is 4.18. The Labute approximate surface area is 196 Å². The van der Waals surface area contributed by atoms with Gasteiger partial charge in [0, 0.05) is 18.9 Å². The van der Waals surface area contributed by atoms with Crippen LogP contribution in [-0.4, -0.2) is 45.2 Å². The van der Waals surface area contributed by atoms with Gasteiger partial charge in [-0.2, -0.15) is 0 Å². The van der Waals surface area contributed by atoms with Crippen LogP contribution in [0.15, 0.2) is 66.7 Å². The van der Waals surface area contributed by atoms with Crippen LogP contribution in [0.2, 0.25) is 0 Å². The molecule has 178 valence electrons. The van der Waals surface area contributed by atoms with E-state index in [0.29, 0.717) is 6.61 Å². The van der Waals surface area contributed by atoms with Crippen molar-refractivity contribution in [3.05, 3.63) is 72.3 Å². The van der Waals surface area contributed by atoms with Gasteiger partial charge in [-0.15, -0.1) is 0 Å². The lowest BCUT2D eigenvalue weighted by Crippen LogP contribution is -2.32. The minimum absolute atomic E-state index is 0.00709. The summed E-state index contributed by atoms with van der Waals surface area (Å²) in [5.41, 5.74) is 3.01. The monoisotopic (exact) mass is 454 g/mol. The standard InChI is InChI=1S/C27H34O6/c1-4-5-17-31-18-9-10-21(2)20-32-26(28)25(33-27(29)30-3)19-22-13-15-24(16-14-22)23-11-7-6-8-12-23/h6-16,21,25H,4-5,17-20H2,1-3H3/b10-9-. The zero-order valence-electron chi connectivity index (χ0n) is 19.7. The van der Waals surface area contributed by atoms with Crippen molar-refractivity contribution in [1.29, 1.82) is 0 Å². The average Bonchev–Trinajstić information content (AvgIpc) is 2.85. The third kappa shape index (κ3) is 9.91. The molecular weight excluding hydrogens is 420 g/mol. The Morgan fingerprint density at radius 3 is 2.36 bits per heavy atom. The molecule has 0 bridgehead atoms. The molecule has 0 saturated carbocycles. The summed E-state index contributed by atoms with van der Waals surface area (Å²) in [6.45, 7) is 5.51. The van der Waals surface area contributed by atoms with E-state index in [-0.39, 0.29) is 18.9 Å². The SMILES string of the molecule is CCCCOC/C=C\C(C)COC(=O)C(Cc1ccc(-c2ccccc2)cc1)OC(=O)OC. The lowest BCUT2D eigenvalue weighted by molar-refractivity contribution is -0.155. The van der Waals surface area contributed by atoms with Gasteiger partial charge in [-0.05, 0) is 23.1 Å². The van der Waals surface area contributed by atoms with Crippen LogP contribution in [0.3, 0.4) is 0 Å². The number of hydrogen-bond acceptors (Lipinski definition) is 6. The number of ether oxygens (including phenoxy) is 4. The molecule has 0 aromatic heterocycles. The van der Waals surface area contributed by atoms with Crippen molar-refractivity contribution >= 4 is 12.1 Å². The fourth-order valence-electron chi connectivity index (χ4n) is 3.06. The maximum Gasteiger partial charge on any atom is 0.508 e. The summed E-state index contributed by atoms with van der Waals surface area (Å²) in [7, 11) is 1.20. The minimum Gasteiger partial charge on any atom is -0.462 e. The summed E-state index contributed by atoms with van der Waals surface area (Å²) in [5, 5.41) is 0. The average molecular weight is 455 g/mol. The highest BCUT2D eigenvalue weighted by Crippen LogP contribution is 2.20. The minimum atomic E-state index is -1.09. The van der Waals surface area contributed by atoms with E-state index in [1.165, 1.54) is 7.11 Å². The highest BCUT2D eigenvalue weighted by atomic mass is 16.7. The molecule has 2 atom stereocenters. The van der Waals surface area contributed by atoms with Gasteiger partial charge in [0.2, 0.25) is 6.10 Å². The van der Waals surface area contributed by atoms with Crippen LogP contribution < -0.4 is 0 Å². The third-order valence-corrected chi connectivity index (χ3v) is 4.96. The Bertz CT molecular complexity index is 860. The van der Waals surface area contributed by atoms with Crippen LogP contribution >= 0.6 is 0 Å². The fraction of sp³-hybridized carbons (Fsp3) is 0.407. The zero-order valence-corrected chi connectivity index (χ0v) is 19.7. The van der Waals surface area contributed by atoms with Crippen molar-refractivity contribution in [2.45, 2.75) is 39.2 Å². The predicted octanol–water partition coefficient (Wildman–Crippen LogP) is 5.60. The van der Waals surface area contributed by atoms with Crippen LogP contribution in [0, 0.1) is 5.92 Å². The molecule has 6 nitrogen and oxygen atoms in total. The molecule has 0 aliphatic rings. The Balaban J connectivity index is 1.91. The van der Waals surface area contributed by atoms with Gasteiger partial charge in [0.1, 0.15) is 0 Å². The van der Waals surface area contributed by atoms with Gasteiger partial charge in [-0.25, -0.2) is 9.59 Å². The van der Waals surface area contributed by atoms with E-state index in [0.717, 1.165) is 36.1 Å². The molecule has 0 N–H and O–H groups in total. The van der Waals surface area contributed by atoms with Gasteiger partial charge >= 0.3 is 12.1 Å². The second-order valence-electron chi connectivity index (χ2n) is 7.79. The number of hydrogen-bond donors (Lipinski definition) is 0. The summed E-state index contributed by atoms with van der Waals surface area (Å²) >= 11 is 0. The maximum absolute atomic E-state index is 12.6. The largest absolute Gasteiger partial charge is 0.508 e. The number of rotatable bonds is 13. The van der Waals surface area contributed by atoms with Crippen molar-refractivity contribution < 1.29 is 28.5 Å². The molecule has 2 aromatic carbocycles.